The van der Waals surface area contributed by atoms with Gasteiger partial charge in [0.05, 0.1) is 7.11 Å². The molecule has 0 bridgehead atoms. The van der Waals surface area contributed by atoms with Crippen LogP contribution in [-0.2, 0) is 0 Å². The third-order valence-electron chi connectivity index (χ3n) is 3.60. The number of rotatable bonds is 5. The summed E-state index contributed by atoms with van der Waals surface area (Å²) in [5.41, 5.74) is -0.244. The first-order valence-corrected chi connectivity index (χ1v) is 7.75. The summed E-state index contributed by atoms with van der Waals surface area (Å²) in [5, 5.41) is 2.45. The molecule has 0 heterocycles. The number of para-hydroxylation sites is 2. The van der Waals surface area contributed by atoms with Crippen molar-refractivity contribution in [3.8, 4) is 17.2 Å². The lowest BCUT2D eigenvalue weighted by Crippen LogP contribution is -2.15. The van der Waals surface area contributed by atoms with E-state index >= 15 is 0 Å². The maximum Gasteiger partial charge on any atom is 0.261 e. The third-order valence-corrected chi connectivity index (χ3v) is 3.60. The average molecular weight is 355 g/mol. The molecule has 0 aliphatic rings. The van der Waals surface area contributed by atoms with Crippen molar-refractivity contribution < 1.29 is 23.0 Å². The largest absolute Gasteiger partial charge is 0.493 e. The number of carbonyl (C=O) groups is 1. The molecule has 0 aliphatic carbocycles. The summed E-state index contributed by atoms with van der Waals surface area (Å²) in [6, 6.07) is 16.8. The van der Waals surface area contributed by atoms with E-state index in [1.807, 2.05) is 12.1 Å². The summed E-state index contributed by atoms with van der Waals surface area (Å²) < 4.78 is 38.2. The van der Waals surface area contributed by atoms with E-state index in [9.17, 15) is 13.6 Å². The topological polar surface area (TPSA) is 47.6 Å². The SMILES string of the molecule is COc1ccccc1Oc1ccc(NC(=O)c2c(F)cccc2F)cc1. The zero-order valence-electron chi connectivity index (χ0n) is 13.8. The summed E-state index contributed by atoms with van der Waals surface area (Å²) in [6.45, 7) is 0. The number of hydrogen-bond acceptors (Lipinski definition) is 3. The summed E-state index contributed by atoms with van der Waals surface area (Å²) in [5.74, 6) is -1.05. The molecule has 0 aliphatic heterocycles. The van der Waals surface area contributed by atoms with Crippen LogP contribution in [0.1, 0.15) is 10.4 Å². The van der Waals surface area contributed by atoms with Crippen LogP contribution in [0, 0.1) is 11.6 Å². The molecular formula is C20H15F2NO3. The molecule has 26 heavy (non-hydrogen) atoms. The highest BCUT2D eigenvalue weighted by atomic mass is 19.1. The molecule has 132 valence electrons. The van der Waals surface area contributed by atoms with Gasteiger partial charge in [0.25, 0.3) is 5.91 Å². The van der Waals surface area contributed by atoms with Gasteiger partial charge < -0.3 is 14.8 Å². The van der Waals surface area contributed by atoms with Crippen LogP contribution in [-0.4, -0.2) is 13.0 Å². The number of hydrogen-bond donors (Lipinski definition) is 1. The molecule has 6 heteroatoms. The van der Waals surface area contributed by atoms with Crippen LogP contribution in [0.4, 0.5) is 14.5 Å². The van der Waals surface area contributed by atoms with E-state index in [1.54, 1.807) is 43.5 Å². The van der Waals surface area contributed by atoms with Crippen molar-refractivity contribution in [2.24, 2.45) is 0 Å². The highest BCUT2D eigenvalue weighted by molar-refractivity contribution is 6.04. The molecule has 0 saturated carbocycles. The second-order valence-electron chi connectivity index (χ2n) is 5.33. The van der Waals surface area contributed by atoms with Gasteiger partial charge in [-0.1, -0.05) is 18.2 Å². The second-order valence-corrected chi connectivity index (χ2v) is 5.33. The number of benzene rings is 3. The van der Waals surface area contributed by atoms with Gasteiger partial charge in [-0.05, 0) is 48.5 Å². The number of halogens is 2. The van der Waals surface area contributed by atoms with Gasteiger partial charge in [-0.2, -0.15) is 0 Å². The minimum Gasteiger partial charge on any atom is -0.493 e. The average Bonchev–Trinajstić information content (AvgIpc) is 2.63. The van der Waals surface area contributed by atoms with Gasteiger partial charge >= 0.3 is 0 Å². The molecule has 0 radical (unpaired) electrons. The molecule has 1 amide bonds. The lowest BCUT2D eigenvalue weighted by molar-refractivity contribution is 0.101. The summed E-state index contributed by atoms with van der Waals surface area (Å²) in [4.78, 5) is 12.1. The number of methoxy groups -OCH3 is 1. The molecule has 0 fully saturated rings. The number of anilines is 1. The summed E-state index contributed by atoms with van der Waals surface area (Å²) >= 11 is 0. The molecule has 0 unspecified atom stereocenters. The normalized spacial score (nSPS) is 10.3. The van der Waals surface area contributed by atoms with Crippen molar-refractivity contribution in [2.75, 3.05) is 12.4 Å². The highest BCUT2D eigenvalue weighted by Crippen LogP contribution is 2.31. The lowest BCUT2D eigenvalue weighted by atomic mass is 10.1. The van der Waals surface area contributed by atoms with Gasteiger partial charge in [0.1, 0.15) is 22.9 Å². The summed E-state index contributed by atoms with van der Waals surface area (Å²) in [6.07, 6.45) is 0. The molecular weight excluding hydrogens is 340 g/mol. The van der Waals surface area contributed by atoms with Crippen LogP contribution >= 0.6 is 0 Å². The smallest absolute Gasteiger partial charge is 0.261 e. The van der Waals surface area contributed by atoms with Crippen LogP contribution in [0.5, 0.6) is 17.2 Å². The first kappa shape index (κ1) is 17.4. The van der Waals surface area contributed by atoms with Crippen LogP contribution in [0.3, 0.4) is 0 Å². The van der Waals surface area contributed by atoms with Crippen LogP contribution in [0.25, 0.3) is 0 Å². The third kappa shape index (κ3) is 3.80. The number of ether oxygens (including phenoxy) is 2. The van der Waals surface area contributed by atoms with E-state index in [4.69, 9.17) is 9.47 Å². The first-order chi connectivity index (χ1) is 12.6. The molecule has 0 aromatic heterocycles. The van der Waals surface area contributed by atoms with Gasteiger partial charge in [0.2, 0.25) is 0 Å². The number of amides is 1. The van der Waals surface area contributed by atoms with Gasteiger partial charge in [0, 0.05) is 5.69 Å². The van der Waals surface area contributed by atoms with E-state index in [0.29, 0.717) is 22.9 Å². The Labute approximate surface area is 149 Å². The Kier molecular flexibility index (Phi) is 5.12. The van der Waals surface area contributed by atoms with Gasteiger partial charge in [-0.3, -0.25) is 4.79 Å². The maximum atomic E-state index is 13.6. The van der Waals surface area contributed by atoms with E-state index in [2.05, 4.69) is 5.32 Å². The molecule has 3 aromatic carbocycles. The Morgan fingerprint density at radius 1 is 0.846 bits per heavy atom. The predicted octanol–water partition coefficient (Wildman–Crippen LogP) is 5.02. The monoisotopic (exact) mass is 355 g/mol. The maximum absolute atomic E-state index is 13.6. The van der Waals surface area contributed by atoms with Gasteiger partial charge in [-0.15, -0.1) is 0 Å². The van der Waals surface area contributed by atoms with Crippen molar-refractivity contribution in [1.82, 2.24) is 0 Å². The fraction of sp³-hybridized carbons (Fsp3) is 0.0500. The van der Waals surface area contributed by atoms with Crippen molar-refractivity contribution in [3.05, 3.63) is 83.9 Å². The highest BCUT2D eigenvalue weighted by Gasteiger charge is 2.17. The molecule has 1 N–H and O–H groups in total. The molecule has 0 atom stereocenters. The van der Waals surface area contributed by atoms with Crippen molar-refractivity contribution in [1.29, 1.82) is 0 Å². The first-order valence-electron chi connectivity index (χ1n) is 7.75. The lowest BCUT2D eigenvalue weighted by Gasteiger charge is -2.11. The molecule has 3 aromatic rings. The fourth-order valence-electron chi connectivity index (χ4n) is 2.34. The molecule has 0 saturated heterocycles. The number of carbonyl (C=O) groups excluding carboxylic acids is 1. The number of nitrogens with one attached hydrogen (secondary N) is 1. The Bertz CT molecular complexity index is 906. The quantitative estimate of drug-likeness (QED) is 0.699. The molecule has 0 spiro atoms. The standard InChI is InChI=1S/C20H15F2NO3/c1-25-17-7-2-3-8-18(17)26-14-11-9-13(10-12-14)23-20(24)19-15(21)5-4-6-16(19)22/h2-12H,1H3,(H,23,24). The van der Waals surface area contributed by atoms with Crippen molar-refractivity contribution >= 4 is 11.6 Å². The Hall–Kier alpha value is -3.41. The van der Waals surface area contributed by atoms with Crippen molar-refractivity contribution in [2.45, 2.75) is 0 Å². The summed E-state index contributed by atoms with van der Waals surface area (Å²) in [7, 11) is 1.54. The van der Waals surface area contributed by atoms with E-state index in [1.165, 1.54) is 6.07 Å². The van der Waals surface area contributed by atoms with Crippen molar-refractivity contribution in [3.63, 3.8) is 0 Å². The Morgan fingerprint density at radius 3 is 2.08 bits per heavy atom. The minimum absolute atomic E-state index is 0.380. The van der Waals surface area contributed by atoms with E-state index in [0.717, 1.165) is 12.1 Å². The van der Waals surface area contributed by atoms with E-state index in [-0.39, 0.29) is 0 Å². The van der Waals surface area contributed by atoms with Crippen LogP contribution in [0.2, 0.25) is 0 Å². The van der Waals surface area contributed by atoms with E-state index < -0.39 is 23.1 Å². The Balaban J connectivity index is 1.73. The second kappa shape index (κ2) is 7.65. The predicted molar refractivity (Wildman–Crippen MR) is 93.8 cm³/mol. The van der Waals surface area contributed by atoms with Gasteiger partial charge in [-0.25, -0.2) is 8.78 Å². The zero-order chi connectivity index (χ0) is 18.5. The fourth-order valence-corrected chi connectivity index (χ4v) is 2.34. The van der Waals surface area contributed by atoms with Gasteiger partial charge in [0.15, 0.2) is 11.5 Å². The van der Waals surface area contributed by atoms with Crippen LogP contribution < -0.4 is 14.8 Å². The minimum atomic E-state index is -0.918. The zero-order valence-corrected chi connectivity index (χ0v) is 13.8. The Morgan fingerprint density at radius 2 is 1.46 bits per heavy atom. The molecule has 3 rings (SSSR count). The van der Waals surface area contributed by atoms with Crippen LogP contribution in [0.15, 0.2) is 66.7 Å². The molecule has 4 nitrogen and oxygen atoms in total.